The van der Waals surface area contributed by atoms with Crippen LogP contribution in [-0.2, 0) is 4.79 Å². The third-order valence-electron chi connectivity index (χ3n) is 3.52. The lowest BCUT2D eigenvalue weighted by Gasteiger charge is -2.09. The zero-order valence-corrected chi connectivity index (χ0v) is 14.1. The van der Waals surface area contributed by atoms with Gasteiger partial charge in [0.05, 0.1) is 6.54 Å². The van der Waals surface area contributed by atoms with Crippen molar-refractivity contribution in [2.45, 2.75) is 19.8 Å². The number of halogens is 1. The molecule has 0 spiro atoms. The molecule has 2 aromatic carbocycles. The third kappa shape index (κ3) is 6.25. The van der Waals surface area contributed by atoms with Crippen LogP contribution < -0.4 is 16.0 Å². The van der Waals surface area contributed by atoms with Crippen LogP contribution in [0, 0.1) is 5.82 Å². The van der Waals surface area contributed by atoms with Gasteiger partial charge in [-0.05, 0) is 48.9 Å². The number of hydrogen-bond acceptors (Lipinski definition) is 3. The Morgan fingerprint density at radius 2 is 1.80 bits per heavy atom. The van der Waals surface area contributed by atoms with E-state index in [-0.39, 0.29) is 24.2 Å². The second-order valence-corrected chi connectivity index (χ2v) is 5.60. The molecule has 2 aromatic rings. The van der Waals surface area contributed by atoms with Crippen molar-refractivity contribution < 1.29 is 14.0 Å². The fourth-order valence-electron chi connectivity index (χ4n) is 2.17. The summed E-state index contributed by atoms with van der Waals surface area (Å²) in [7, 11) is 0. The Hall–Kier alpha value is -2.89. The van der Waals surface area contributed by atoms with Crippen LogP contribution >= 0.6 is 0 Å². The first-order chi connectivity index (χ1) is 12.1. The molecule has 0 saturated carbocycles. The molecule has 0 aliphatic carbocycles. The predicted octanol–water partition coefficient (Wildman–Crippen LogP) is 3.41. The van der Waals surface area contributed by atoms with Crippen LogP contribution in [0.15, 0.2) is 48.5 Å². The molecule has 6 heteroatoms. The molecule has 5 nitrogen and oxygen atoms in total. The van der Waals surface area contributed by atoms with Gasteiger partial charge in [0, 0.05) is 23.5 Å². The minimum absolute atomic E-state index is 0.0402. The molecule has 0 atom stereocenters. The number of benzene rings is 2. The van der Waals surface area contributed by atoms with Gasteiger partial charge in [0.1, 0.15) is 5.82 Å². The van der Waals surface area contributed by atoms with E-state index in [1.165, 1.54) is 12.1 Å². The highest BCUT2D eigenvalue weighted by atomic mass is 19.1. The van der Waals surface area contributed by atoms with E-state index >= 15 is 0 Å². The molecule has 0 aromatic heterocycles. The highest BCUT2D eigenvalue weighted by Gasteiger charge is 2.07. The van der Waals surface area contributed by atoms with Crippen molar-refractivity contribution in [3.8, 4) is 0 Å². The first-order valence-corrected chi connectivity index (χ1v) is 8.26. The van der Waals surface area contributed by atoms with E-state index in [2.05, 4.69) is 22.9 Å². The quantitative estimate of drug-likeness (QED) is 0.643. The monoisotopic (exact) mass is 343 g/mol. The molecule has 0 aliphatic rings. The van der Waals surface area contributed by atoms with E-state index in [0.29, 0.717) is 23.5 Å². The summed E-state index contributed by atoms with van der Waals surface area (Å²) in [6, 6.07) is 12.5. The first kappa shape index (κ1) is 18.4. The van der Waals surface area contributed by atoms with Crippen molar-refractivity contribution in [3.05, 3.63) is 59.9 Å². The standard InChI is InChI=1S/C19H22FN3O2/c1-2-3-11-21-19(25)14-5-4-6-17(12-14)23-18(24)13-22-16-9-7-15(20)8-10-16/h4-10,12,22H,2-3,11,13H2,1H3,(H,21,25)(H,23,24). The van der Waals surface area contributed by atoms with Gasteiger partial charge < -0.3 is 16.0 Å². The molecule has 0 fully saturated rings. The molecule has 0 heterocycles. The minimum atomic E-state index is -0.330. The van der Waals surface area contributed by atoms with Crippen LogP contribution in [0.3, 0.4) is 0 Å². The second-order valence-electron chi connectivity index (χ2n) is 5.60. The SMILES string of the molecule is CCCCNC(=O)c1cccc(NC(=O)CNc2ccc(F)cc2)c1. The van der Waals surface area contributed by atoms with Gasteiger partial charge in [0.25, 0.3) is 5.91 Å². The predicted molar refractivity (Wildman–Crippen MR) is 97.2 cm³/mol. The van der Waals surface area contributed by atoms with E-state index < -0.39 is 0 Å². The van der Waals surface area contributed by atoms with Gasteiger partial charge in [0.2, 0.25) is 5.91 Å². The Morgan fingerprint density at radius 3 is 2.52 bits per heavy atom. The molecule has 3 N–H and O–H groups in total. The number of amides is 2. The largest absolute Gasteiger partial charge is 0.376 e. The number of nitrogens with one attached hydrogen (secondary N) is 3. The summed E-state index contributed by atoms with van der Waals surface area (Å²) in [6.07, 6.45) is 1.94. The third-order valence-corrected chi connectivity index (χ3v) is 3.52. The summed E-state index contributed by atoms with van der Waals surface area (Å²) in [5.74, 6) is -0.745. The molecular formula is C19H22FN3O2. The lowest BCUT2D eigenvalue weighted by Crippen LogP contribution is -2.25. The number of rotatable bonds is 8. The average molecular weight is 343 g/mol. The molecule has 25 heavy (non-hydrogen) atoms. The molecule has 0 aliphatic heterocycles. The molecule has 2 amide bonds. The van der Waals surface area contributed by atoms with Gasteiger partial charge in [-0.1, -0.05) is 19.4 Å². The lowest BCUT2D eigenvalue weighted by atomic mass is 10.2. The summed E-state index contributed by atoms with van der Waals surface area (Å²) in [5, 5.41) is 8.47. The number of hydrogen-bond donors (Lipinski definition) is 3. The maximum atomic E-state index is 12.8. The van der Waals surface area contributed by atoms with Crippen molar-refractivity contribution >= 4 is 23.2 Å². The number of carbonyl (C=O) groups excluding carboxylic acids is 2. The topological polar surface area (TPSA) is 70.2 Å². The van der Waals surface area contributed by atoms with Crippen LogP contribution in [0.5, 0.6) is 0 Å². The van der Waals surface area contributed by atoms with E-state index in [1.54, 1.807) is 36.4 Å². The van der Waals surface area contributed by atoms with Crippen LogP contribution in [0.2, 0.25) is 0 Å². The Balaban J connectivity index is 1.86. The molecule has 2 rings (SSSR count). The van der Waals surface area contributed by atoms with Crippen LogP contribution in [0.4, 0.5) is 15.8 Å². The van der Waals surface area contributed by atoms with Crippen molar-refractivity contribution in [2.24, 2.45) is 0 Å². The van der Waals surface area contributed by atoms with E-state index in [4.69, 9.17) is 0 Å². The Kier molecular flexibility index (Phi) is 6.95. The summed E-state index contributed by atoms with van der Waals surface area (Å²) in [4.78, 5) is 24.0. The maximum absolute atomic E-state index is 12.8. The van der Waals surface area contributed by atoms with Gasteiger partial charge in [-0.3, -0.25) is 9.59 Å². The molecule has 0 bridgehead atoms. The van der Waals surface area contributed by atoms with E-state index in [0.717, 1.165) is 12.8 Å². The van der Waals surface area contributed by atoms with Crippen LogP contribution in [0.1, 0.15) is 30.1 Å². The maximum Gasteiger partial charge on any atom is 0.251 e. The zero-order valence-electron chi connectivity index (χ0n) is 14.1. The van der Waals surface area contributed by atoms with Gasteiger partial charge in [0.15, 0.2) is 0 Å². The number of anilines is 2. The fourth-order valence-corrected chi connectivity index (χ4v) is 2.17. The van der Waals surface area contributed by atoms with Crippen molar-refractivity contribution in [1.29, 1.82) is 0 Å². The van der Waals surface area contributed by atoms with Crippen molar-refractivity contribution in [3.63, 3.8) is 0 Å². The van der Waals surface area contributed by atoms with Crippen LogP contribution in [-0.4, -0.2) is 24.9 Å². The Labute approximate surface area is 146 Å². The summed E-state index contributed by atoms with van der Waals surface area (Å²) in [5.41, 5.74) is 1.70. The number of unbranched alkanes of at least 4 members (excludes halogenated alkanes) is 1. The highest BCUT2D eigenvalue weighted by Crippen LogP contribution is 2.11. The molecule has 0 radical (unpaired) electrons. The lowest BCUT2D eigenvalue weighted by molar-refractivity contribution is -0.114. The summed E-state index contributed by atoms with van der Waals surface area (Å²) >= 11 is 0. The smallest absolute Gasteiger partial charge is 0.251 e. The minimum Gasteiger partial charge on any atom is -0.376 e. The van der Waals surface area contributed by atoms with Gasteiger partial charge in [-0.25, -0.2) is 4.39 Å². The van der Waals surface area contributed by atoms with Gasteiger partial charge >= 0.3 is 0 Å². The van der Waals surface area contributed by atoms with Crippen molar-refractivity contribution in [1.82, 2.24) is 5.32 Å². The van der Waals surface area contributed by atoms with Crippen LogP contribution in [0.25, 0.3) is 0 Å². The summed E-state index contributed by atoms with van der Waals surface area (Å²) < 4.78 is 12.8. The summed E-state index contributed by atoms with van der Waals surface area (Å²) in [6.45, 7) is 2.73. The highest BCUT2D eigenvalue weighted by molar-refractivity contribution is 5.98. The average Bonchev–Trinajstić information content (AvgIpc) is 2.61. The molecule has 132 valence electrons. The normalized spacial score (nSPS) is 10.2. The Bertz CT molecular complexity index is 717. The second kappa shape index (κ2) is 9.42. The first-order valence-electron chi connectivity index (χ1n) is 8.26. The van der Waals surface area contributed by atoms with E-state index in [9.17, 15) is 14.0 Å². The molecular weight excluding hydrogens is 321 g/mol. The van der Waals surface area contributed by atoms with E-state index in [1.807, 2.05) is 0 Å². The molecule has 0 saturated heterocycles. The fraction of sp³-hybridized carbons (Fsp3) is 0.263. The number of carbonyl (C=O) groups is 2. The zero-order chi connectivity index (χ0) is 18.1. The Morgan fingerprint density at radius 1 is 1.04 bits per heavy atom. The van der Waals surface area contributed by atoms with Gasteiger partial charge in [-0.2, -0.15) is 0 Å². The van der Waals surface area contributed by atoms with Gasteiger partial charge in [-0.15, -0.1) is 0 Å². The molecule has 0 unspecified atom stereocenters. The van der Waals surface area contributed by atoms with Crippen molar-refractivity contribution in [2.75, 3.05) is 23.7 Å².